The van der Waals surface area contributed by atoms with Crippen molar-refractivity contribution >= 4 is 8.81 Å². The van der Waals surface area contributed by atoms with E-state index in [0.29, 0.717) is 14.7 Å². The van der Waals surface area contributed by atoms with Crippen LogP contribution in [0.4, 0.5) is 0 Å². The van der Waals surface area contributed by atoms with E-state index in [9.17, 15) is 0 Å². The molecule has 2 nitrogen and oxygen atoms in total. The molecule has 1 aromatic rings. The van der Waals surface area contributed by atoms with Crippen molar-refractivity contribution in [2.75, 3.05) is 6.61 Å². The standard InChI is InChI=1S/C18H31O2P/c1-5-8-12-16(6-2)15-19-21-18(4,7-3)20-17-13-10-9-11-14-17/h9-11,13-14,16,21H,5-8,12,15H2,1-4H3. The van der Waals surface area contributed by atoms with Crippen molar-refractivity contribution in [3.8, 4) is 5.75 Å². The minimum absolute atomic E-state index is 0.218. The van der Waals surface area contributed by atoms with Crippen molar-refractivity contribution < 1.29 is 9.26 Å². The summed E-state index contributed by atoms with van der Waals surface area (Å²) in [5.74, 6) is 1.62. The van der Waals surface area contributed by atoms with Gasteiger partial charge in [0, 0.05) is 0 Å². The van der Waals surface area contributed by atoms with Crippen LogP contribution in [0.5, 0.6) is 5.75 Å². The molecule has 0 aliphatic carbocycles. The average Bonchev–Trinajstić information content (AvgIpc) is 2.51. The van der Waals surface area contributed by atoms with Crippen molar-refractivity contribution in [1.82, 2.24) is 0 Å². The lowest BCUT2D eigenvalue weighted by Gasteiger charge is -2.29. The van der Waals surface area contributed by atoms with E-state index in [4.69, 9.17) is 9.26 Å². The molecule has 0 aliphatic heterocycles. The number of hydrogen-bond donors (Lipinski definition) is 0. The summed E-state index contributed by atoms with van der Waals surface area (Å²) >= 11 is 0. The maximum atomic E-state index is 6.14. The van der Waals surface area contributed by atoms with Gasteiger partial charge in [-0.15, -0.1) is 0 Å². The normalized spacial score (nSPS) is 16.0. The molecule has 0 bridgehead atoms. The van der Waals surface area contributed by atoms with Gasteiger partial charge in [-0.1, -0.05) is 58.2 Å². The van der Waals surface area contributed by atoms with E-state index in [2.05, 4.69) is 27.7 Å². The number of hydrogen-bond acceptors (Lipinski definition) is 2. The van der Waals surface area contributed by atoms with Crippen molar-refractivity contribution in [2.24, 2.45) is 5.92 Å². The fourth-order valence-corrected chi connectivity index (χ4v) is 3.05. The van der Waals surface area contributed by atoms with Crippen LogP contribution in [-0.4, -0.2) is 11.9 Å². The van der Waals surface area contributed by atoms with Gasteiger partial charge in [0.2, 0.25) is 0 Å². The molecule has 0 aliphatic rings. The predicted octanol–water partition coefficient (Wildman–Crippen LogP) is 6.02. The van der Waals surface area contributed by atoms with E-state index in [1.807, 2.05) is 30.3 Å². The van der Waals surface area contributed by atoms with Crippen LogP contribution in [0, 0.1) is 5.92 Å². The van der Waals surface area contributed by atoms with Gasteiger partial charge in [0.05, 0.1) is 15.4 Å². The summed E-state index contributed by atoms with van der Waals surface area (Å²) in [6.07, 6.45) is 6.00. The largest absolute Gasteiger partial charge is 0.481 e. The molecule has 0 saturated carbocycles. The second kappa shape index (κ2) is 10.2. The van der Waals surface area contributed by atoms with Crippen molar-refractivity contribution in [1.29, 1.82) is 0 Å². The molecule has 0 amide bonds. The molecule has 0 radical (unpaired) electrons. The highest BCUT2D eigenvalue weighted by molar-refractivity contribution is 7.34. The van der Waals surface area contributed by atoms with Gasteiger partial charge in [0.1, 0.15) is 11.1 Å². The number of ether oxygens (including phenoxy) is 1. The Morgan fingerprint density at radius 3 is 2.43 bits per heavy atom. The Morgan fingerprint density at radius 1 is 1.14 bits per heavy atom. The van der Waals surface area contributed by atoms with E-state index in [-0.39, 0.29) is 5.34 Å². The first kappa shape index (κ1) is 18.5. The lowest BCUT2D eigenvalue weighted by Crippen LogP contribution is -2.26. The zero-order valence-electron chi connectivity index (χ0n) is 14.0. The Labute approximate surface area is 132 Å². The quantitative estimate of drug-likeness (QED) is 0.465. The highest BCUT2D eigenvalue weighted by Crippen LogP contribution is 2.38. The summed E-state index contributed by atoms with van der Waals surface area (Å²) in [6, 6.07) is 10.0. The van der Waals surface area contributed by atoms with Crippen LogP contribution in [0.1, 0.15) is 59.8 Å². The molecule has 21 heavy (non-hydrogen) atoms. The van der Waals surface area contributed by atoms with E-state index < -0.39 is 0 Å². The fraction of sp³-hybridized carbons (Fsp3) is 0.667. The van der Waals surface area contributed by atoms with Crippen LogP contribution in [-0.2, 0) is 4.52 Å². The average molecular weight is 310 g/mol. The molecule has 120 valence electrons. The third kappa shape index (κ3) is 7.29. The molecule has 0 N–H and O–H groups in total. The van der Waals surface area contributed by atoms with Crippen molar-refractivity contribution in [3.05, 3.63) is 30.3 Å². The zero-order valence-corrected chi connectivity index (χ0v) is 15.0. The SMILES string of the molecule is CCCCC(CC)COPC(C)(CC)Oc1ccccc1. The van der Waals surface area contributed by atoms with E-state index in [0.717, 1.165) is 18.8 Å². The maximum absolute atomic E-state index is 6.14. The monoisotopic (exact) mass is 310 g/mol. The van der Waals surface area contributed by atoms with Crippen LogP contribution in [0.25, 0.3) is 0 Å². The first-order valence-electron chi connectivity index (χ1n) is 8.26. The molecular formula is C18H31O2P. The molecule has 0 fully saturated rings. The molecule has 0 aromatic heterocycles. The summed E-state index contributed by atoms with van der Waals surface area (Å²) in [6.45, 7) is 9.67. The molecule has 1 aromatic carbocycles. The Kier molecular flexibility index (Phi) is 8.96. The van der Waals surface area contributed by atoms with Crippen LogP contribution >= 0.6 is 8.81 Å². The number of benzene rings is 1. The minimum atomic E-state index is -0.218. The lowest BCUT2D eigenvalue weighted by atomic mass is 10.0. The van der Waals surface area contributed by atoms with Crippen molar-refractivity contribution in [2.45, 2.75) is 65.1 Å². The maximum Gasteiger partial charge on any atom is 0.146 e. The molecule has 0 spiro atoms. The lowest BCUT2D eigenvalue weighted by molar-refractivity contribution is 0.154. The van der Waals surface area contributed by atoms with Gasteiger partial charge in [-0.05, 0) is 37.8 Å². The summed E-state index contributed by atoms with van der Waals surface area (Å²) in [5.41, 5.74) is 0. The molecule has 3 atom stereocenters. The van der Waals surface area contributed by atoms with E-state index >= 15 is 0 Å². The Balaban J connectivity index is 2.41. The highest BCUT2D eigenvalue weighted by Gasteiger charge is 2.25. The number of unbranched alkanes of at least 4 members (excludes halogenated alkanes) is 1. The molecule has 0 heterocycles. The van der Waals surface area contributed by atoms with Crippen LogP contribution < -0.4 is 4.74 Å². The van der Waals surface area contributed by atoms with Gasteiger partial charge in [0.15, 0.2) is 0 Å². The third-order valence-corrected chi connectivity index (χ3v) is 5.11. The van der Waals surface area contributed by atoms with Gasteiger partial charge >= 0.3 is 0 Å². The number of para-hydroxylation sites is 1. The zero-order chi connectivity index (χ0) is 15.6. The summed E-state index contributed by atoms with van der Waals surface area (Å²) < 4.78 is 12.1. The van der Waals surface area contributed by atoms with Gasteiger partial charge in [-0.25, -0.2) is 0 Å². The Bertz CT molecular complexity index is 369. The summed E-state index contributed by atoms with van der Waals surface area (Å²) in [7, 11) is 0.381. The van der Waals surface area contributed by atoms with Gasteiger partial charge in [-0.3, -0.25) is 0 Å². The Hall–Kier alpha value is -0.590. The van der Waals surface area contributed by atoms with Gasteiger partial charge in [0.25, 0.3) is 0 Å². The van der Waals surface area contributed by atoms with Crippen molar-refractivity contribution in [3.63, 3.8) is 0 Å². The Morgan fingerprint density at radius 2 is 1.86 bits per heavy atom. The topological polar surface area (TPSA) is 18.5 Å². The molecule has 3 heteroatoms. The van der Waals surface area contributed by atoms with Gasteiger partial charge in [-0.2, -0.15) is 0 Å². The second-order valence-electron chi connectivity index (χ2n) is 5.83. The molecule has 3 unspecified atom stereocenters. The smallest absolute Gasteiger partial charge is 0.146 e. The van der Waals surface area contributed by atoms with Crippen LogP contribution in [0.3, 0.4) is 0 Å². The fourth-order valence-electron chi connectivity index (χ4n) is 2.12. The first-order chi connectivity index (χ1) is 10.1. The summed E-state index contributed by atoms with van der Waals surface area (Å²) in [4.78, 5) is 0. The predicted molar refractivity (Wildman–Crippen MR) is 93.3 cm³/mol. The number of rotatable bonds is 11. The summed E-state index contributed by atoms with van der Waals surface area (Å²) in [5, 5.41) is -0.218. The molecule has 1 rings (SSSR count). The van der Waals surface area contributed by atoms with Crippen LogP contribution in [0.2, 0.25) is 0 Å². The minimum Gasteiger partial charge on any atom is -0.481 e. The molecule has 0 saturated heterocycles. The van der Waals surface area contributed by atoms with Gasteiger partial charge < -0.3 is 9.26 Å². The molecular weight excluding hydrogens is 279 g/mol. The van der Waals surface area contributed by atoms with E-state index in [1.165, 1.54) is 25.7 Å². The first-order valence-corrected chi connectivity index (χ1v) is 9.17. The highest BCUT2D eigenvalue weighted by atomic mass is 31.1. The second-order valence-corrected chi connectivity index (χ2v) is 7.38. The van der Waals surface area contributed by atoms with E-state index in [1.54, 1.807) is 0 Å². The third-order valence-electron chi connectivity index (χ3n) is 3.91. The van der Waals surface area contributed by atoms with Crippen LogP contribution in [0.15, 0.2) is 30.3 Å².